The molecule has 2 saturated heterocycles. The van der Waals surface area contributed by atoms with Gasteiger partial charge in [0.2, 0.25) is 10.0 Å². The largest absolute Gasteiger partial charge is 0.379 e. The van der Waals surface area contributed by atoms with Crippen LogP contribution in [0.15, 0.2) is 4.90 Å². The van der Waals surface area contributed by atoms with Gasteiger partial charge in [-0.2, -0.15) is 9.40 Å². The summed E-state index contributed by atoms with van der Waals surface area (Å²) in [4.78, 5) is 2.74. The molecular weight excluding hydrogens is 316 g/mol. The maximum atomic E-state index is 13.0. The van der Waals surface area contributed by atoms with Crippen molar-refractivity contribution >= 4 is 10.0 Å². The predicted octanol–water partition coefficient (Wildman–Crippen LogP) is 0.759. The number of aryl methyl sites for hydroxylation is 2. The molecule has 2 aliphatic heterocycles. The molecule has 0 saturated carbocycles. The van der Waals surface area contributed by atoms with E-state index in [-0.39, 0.29) is 0 Å². The molecule has 3 rings (SSSR count). The highest BCUT2D eigenvalue weighted by molar-refractivity contribution is 7.89. The summed E-state index contributed by atoms with van der Waals surface area (Å²) in [6.07, 6.45) is 2.01. The van der Waals surface area contributed by atoms with Gasteiger partial charge in [-0.15, -0.1) is 0 Å². The highest BCUT2D eigenvalue weighted by Gasteiger charge is 2.34. The van der Waals surface area contributed by atoms with Crippen LogP contribution in [0.4, 0.5) is 0 Å². The Balaban J connectivity index is 1.70. The van der Waals surface area contributed by atoms with E-state index in [1.54, 1.807) is 18.2 Å². The van der Waals surface area contributed by atoms with E-state index in [4.69, 9.17) is 4.74 Å². The summed E-state index contributed by atoms with van der Waals surface area (Å²) < 4.78 is 32.9. The molecule has 130 valence electrons. The highest BCUT2D eigenvalue weighted by atomic mass is 32.2. The lowest BCUT2D eigenvalue weighted by molar-refractivity contribution is 0.0265. The van der Waals surface area contributed by atoms with Crippen LogP contribution >= 0.6 is 0 Å². The second kappa shape index (κ2) is 6.88. The van der Waals surface area contributed by atoms with E-state index in [0.717, 1.165) is 45.7 Å². The van der Waals surface area contributed by atoms with Gasteiger partial charge in [0.25, 0.3) is 0 Å². The summed E-state index contributed by atoms with van der Waals surface area (Å²) in [5, 5.41) is 6.82. The Morgan fingerprint density at radius 3 is 2.65 bits per heavy atom. The Morgan fingerprint density at radius 2 is 2.00 bits per heavy atom. The number of aromatic amines is 1. The lowest BCUT2D eigenvalue weighted by Gasteiger charge is -2.36. The number of ether oxygens (including phenoxy) is 1. The van der Waals surface area contributed by atoms with Crippen LogP contribution in [0.2, 0.25) is 0 Å². The lowest BCUT2D eigenvalue weighted by atomic mass is 9.99. The smallest absolute Gasteiger partial charge is 0.246 e. The quantitative estimate of drug-likeness (QED) is 0.874. The summed E-state index contributed by atoms with van der Waals surface area (Å²) in [6, 6.07) is 0. The highest BCUT2D eigenvalue weighted by Crippen LogP contribution is 2.27. The number of morpholine rings is 1. The molecular formula is C15H26N4O3S. The number of hydrogen-bond donors (Lipinski definition) is 1. The normalized spacial score (nSPS) is 24.9. The van der Waals surface area contributed by atoms with Crippen LogP contribution in [0.1, 0.15) is 24.2 Å². The van der Waals surface area contributed by atoms with Gasteiger partial charge in [-0.1, -0.05) is 0 Å². The average Bonchev–Trinajstić information content (AvgIpc) is 2.88. The van der Waals surface area contributed by atoms with Crippen molar-refractivity contribution in [1.82, 2.24) is 19.4 Å². The summed E-state index contributed by atoms with van der Waals surface area (Å²) in [5.41, 5.74) is 1.18. The molecule has 2 fully saturated rings. The van der Waals surface area contributed by atoms with Crippen LogP contribution in [-0.2, 0) is 14.8 Å². The van der Waals surface area contributed by atoms with Crippen LogP contribution in [0.3, 0.4) is 0 Å². The van der Waals surface area contributed by atoms with Gasteiger partial charge in [0.1, 0.15) is 4.90 Å². The molecule has 1 atom stereocenters. The Morgan fingerprint density at radius 1 is 1.26 bits per heavy atom. The van der Waals surface area contributed by atoms with Crippen LogP contribution in [0.25, 0.3) is 0 Å². The van der Waals surface area contributed by atoms with Gasteiger partial charge in [-0.3, -0.25) is 10.00 Å². The summed E-state index contributed by atoms with van der Waals surface area (Å²) in [7, 11) is -3.46. The standard InChI is InChI=1S/C15H26N4O3S/c1-12-15(13(2)17-16-12)23(20,21)19-5-3-4-14(11-19)10-18-6-8-22-9-7-18/h14H,3-11H2,1-2H3,(H,16,17)/t14-/m0/s1. The van der Waals surface area contributed by atoms with Crippen molar-refractivity contribution in [3.8, 4) is 0 Å². The molecule has 1 aromatic heterocycles. The van der Waals surface area contributed by atoms with E-state index in [2.05, 4.69) is 15.1 Å². The van der Waals surface area contributed by atoms with Crippen LogP contribution in [-0.4, -0.2) is 73.8 Å². The first-order chi connectivity index (χ1) is 11.0. The number of hydrogen-bond acceptors (Lipinski definition) is 5. The van der Waals surface area contributed by atoms with Crippen molar-refractivity contribution in [2.75, 3.05) is 45.9 Å². The Labute approximate surface area is 138 Å². The van der Waals surface area contributed by atoms with Gasteiger partial charge in [0.15, 0.2) is 0 Å². The molecule has 8 heteroatoms. The van der Waals surface area contributed by atoms with E-state index in [0.29, 0.717) is 35.3 Å². The molecule has 1 aromatic rings. The van der Waals surface area contributed by atoms with Gasteiger partial charge < -0.3 is 4.74 Å². The first kappa shape index (κ1) is 16.9. The third-order valence-electron chi connectivity index (χ3n) is 4.76. The average molecular weight is 342 g/mol. The Bertz CT molecular complexity index is 618. The van der Waals surface area contributed by atoms with Crippen molar-refractivity contribution < 1.29 is 13.2 Å². The minimum absolute atomic E-state index is 0.351. The molecule has 0 bridgehead atoms. The predicted molar refractivity (Wildman–Crippen MR) is 86.8 cm³/mol. The first-order valence-corrected chi connectivity index (χ1v) is 9.74. The van der Waals surface area contributed by atoms with Crippen LogP contribution in [0.5, 0.6) is 0 Å². The van der Waals surface area contributed by atoms with E-state index in [9.17, 15) is 8.42 Å². The minimum atomic E-state index is -3.46. The molecule has 1 N–H and O–H groups in total. The van der Waals surface area contributed by atoms with Gasteiger partial charge in [0, 0.05) is 32.7 Å². The van der Waals surface area contributed by atoms with Crippen molar-refractivity contribution in [3.63, 3.8) is 0 Å². The number of nitrogens with zero attached hydrogens (tertiary/aromatic N) is 3. The van der Waals surface area contributed by atoms with Gasteiger partial charge in [-0.05, 0) is 32.6 Å². The van der Waals surface area contributed by atoms with Crippen molar-refractivity contribution in [2.45, 2.75) is 31.6 Å². The minimum Gasteiger partial charge on any atom is -0.379 e. The van der Waals surface area contributed by atoms with E-state index in [1.807, 2.05) is 0 Å². The van der Waals surface area contributed by atoms with Crippen molar-refractivity contribution in [2.24, 2.45) is 5.92 Å². The van der Waals surface area contributed by atoms with Crippen molar-refractivity contribution in [1.29, 1.82) is 0 Å². The Hall–Kier alpha value is -0.960. The molecule has 0 amide bonds. The Kier molecular flexibility index (Phi) is 5.05. The molecule has 0 unspecified atom stereocenters. The van der Waals surface area contributed by atoms with Crippen LogP contribution in [0, 0.1) is 19.8 Å². The molecule has 23 heavy (non-hydrogen) atoms. The molecule has 7 nitrogen and oxygen atoms in total. The number of sulfonamides is 1. The van der Waals surface area contributed by atoms with Gasteiger partial charge in [-0.25, -0.2) is 8.42 Å². The summed E-state index contributed by atoms with van der Waals surface area (Å²) >= 11 is 0. The fourth-order valence-electron chi connectivity index (χ4n) is 3.59. The second-order valence-electron chi connectivity index (χ2n) is 6.55. The molecule has 0 aromatic carbocycles. The fraction of sp³-hybridized carbons (Fsp3) is 0.800. The first-order valence-electron chi connectivity index (χ1n) is 8.30. The topological polar surface area (TPSA) is 78.5 Å². The molecule has 3 heterocycles. The zero-order valence-corrected chi connectivity index (χ0v) is 14.7. The molecule has 0 radical (unpaired) electrons. The SMILES string of the molecule is Cc1n[nH]c(C)c1S(=O)(=O)N1CCC[C@@H](CN2CCOCC2)C1. The maximum absolute atomic E-state index is 13.0. The van der Waals surface area contributed by atoms with Gasteiger partial charge >= 0.3 is 0 Å². The zero-order valence-electron chi connectivity index (χ0n) is 13.9. The summed E-state index contributed by atoms with van der Waals surface area (Å²) in [5.74, 6) is 0.393. The number of nitrogens with one attached hydrogen (secondary N) is 1. The number of rotatable bonds is 4. The van der Waals surface area contributed by atoms with Gasteiger partial charge in [0.05, 0.1) is 24.6 Å². The molecule has 0 spiro atoms. The third kappa shape index (κ3) is 3.60. The fourth-order valence-corrected chi connectivity index (χ4v) is 5.48. The molecule has 2 aliphatic rings. The van der Waals surface area contributed by atoms with E-state index >= 15 is 0 Å². The third-order valence-corrected chi connectivity index (χ3v) is 6.89. The van der Waals surface area contributed by atoms with Crippen molar-refractivity contribution in [3.05, 3.63) is 11.4 Å². The molecule has 0 aliphatic carbocycles. The zero-order chi connectivity index (χ0) is 16.4. The van der Waals surface area contributed by atoms with Crippen LogP contribution < -0.4 is 0 Å². The summed E-state index contributed by atoms with van der Waals surface area (Å²) in [6.45, 7) is 9.12. The number of aromatic nitrogens is 2. The monoisotopic (exact) mass is 342 g/mol. The maximum Gasteiger partial charge on any atom is 0.246 e. The second-order valence-corrected chi connectivity index (χ2v) is 8.42. The number of H-pyrrole nitrogens is 1. The lowest BCUT2D eigenvalue weighted by Crippen LogP contribution is -2.46. The van der Waals surface area contributed by atoms with E-state index < -0.39 is 10.0 Å². The van der Waals surface area contributed by atoms with E-state index in [1.165, 1.54) is 0 Å². The number of piperidine rings is 1.